The lowest BCUT2D eigenvalue weighted by Crippen LogP contribution is -2.32. The molecule has 0 bridgehead atoms. The van der Waals surface area contributed by atoms with E-state index in [0.717, 1.165) is 12.1 Å². The summed E-state index contributed by atoms with van der Waals surface area (Å²) in [5.41, 5.74) is 5.69. The first-order valence-corrected chi connectivity index (χ1v) is 12.6. The van der Waals surface area contributed by atoms with Crippen LogP contribution in [0, 0.1) is 18.6 Å². The minimum atomic E-state index is -0.879. The summed E-state index contributed by atoms with van der Waals surface area (Å²) >= 11 is 6.12. The SMILES string of the molecule is COc1ccc(C(=O)c2c(-c3c(F)ccc(F)c3C)c(C(=O)N[C@@H](CC(N)=O)c3cccc(Cl)c3)cn2C)cc1. The standard InChI is InChI=1S/C30H26ClF2N3O4/c1-16-22(32)11-12-23(33)26(16)27-21(15-36(2)28(27)29(38)17-7-9-20(40-3)10-8-17)30(39)35-24(14-25(34)37)18-5-4-6-19(31)13-18/h4-13,15,24H,14H2,1-3H3,(H2,34,37)(H,35,39)/t24-/m0/s1. The van der Waals surface area contributed by atoms with Crippen LogP contribution in [0.1, 0.15) is 50.0 Å². The normalized spacial score (nSPS) is 11.7. The third-order valence-electron chi connectivity index (χ3n) is 6.55. The fourth-order valence-electron chi connectivity index (χ4n) is 4.58. The molecule has 1 aromatic heterocycles. The number of aromatic nitrogens is 1. The van der Waals surface area contributed by atoms with E-state index in [1.807, 2.05) is 0 Å². The summed E-state index contributed by atoms with van der Waals surface area (Å²) in [5.74, 6) is -2.93. The summed E-state index contributed by atoms with van der Waals surface area (Å²) in [6.07, 6.45) is 1.11. The van der Waals surface area contributed by atoms with Gasteiger partial charge in [-0.1, -0.05) is 23.7 Å². The van der Waals surface area contributed by atoms with Gasteiger partial charge in [0.1, 0.15) is 17.4 Å². The molecule has 3 N–H and O–H groups in total. The second-order valence-corrected chi connectivity index (χ2v) is 9.65. The highest BCUT2D eigenvalue weighted by atomic mass is 35.5. The van der Waals surface area contributed by atoms with E-state index >= 15 is 4.39 Å². The minimum absolute atomic E-state index is 0.0304. The second-order valence-electron chi connectivity index (χ2n) is 9.22. The summed E-state index contributed by atoms with van der Waals surface area (Å²) in [5, 5.41) is 3.13. The Balaban J connectivity index is 1.89. The number of ether oxygens (including phenoxy) is 1. The molecule has 1 atom stereocenters. The van der Waals surface area contributed by atoms with Gasteiger partial charge in [0.15, 0.2) is 0 Å². The van der Waals surface area contributed by atoms with Gasteiger partial charge in [-0.2, -0.15) is 0 Å². The van der Waals surface area contributed by atoms with Gasteiger partial charge in [-0.3, -0.25) is 14.4 Å². The number of carbonyl (C=O) groups excluding carboxylic acids is 3. The number of primary amides is 1. The number of rotatable bonds is 9. The van der Waals surface area contributed by atoms with Crippen molar-refractivity contribution in [2.75, 3.05) is 7.11 Å². The van der Waals surface area contributed by atoms with Gasteiger partial charge in [0, 0.05) is 35.0 Å². The van der Waals surface area contributed by atoms with Gasteiger partial charge in [-0.05, 0) is 66.6 Å². The van der Waals surface area contributed by atoms with Crippen LogP contribution in [-0.2, 0) is 11.8 Å². The molecule has 1 heterocycles. The Labute approximate surface area is 234 Å². The first-order valence-electron chi connectivity index (χ1n) is 12.2. The number of halogens is 3. The highest BCUT2D eigenvalue weighted by molar-refractivity contribution is 6.30. The maximum Gasteiger partial charge on any atom is 0.253 e. The topological polar surface area (TPSA) is 103 Å². The number of hydrogen-bond acceptors (Lipinski definition) is 4. The lowest BCUT2D eigenvalue weighted by molar-refractivity contribution is -0.118. The van der Waals surface area contributed by atoms with Crippen LogP contribution < -0.4 is 15.8 Å². The molecule has 0 aliphatic heterocycles. The summed E-state index contributed by atoms with van der Waals surface area (Å²) in [7, 11) is 3.02. The van der Waals surface area contributed by atoms with Gasteiger partial charge in [-0.25, -0.2) is 8.78 Å². The van der Waals surface area contributed by atoms with Crippen molar-refractivity contribution in [3.05, 3.63) is 111 Å². The molecule has 4 aromatic rings. The maximum absolute atomic E-state index is 15.3. The molecule has 40 heavy (non-hydrogen) atoms. The number of aryl methyl sites for hydroxylation is 1. The average Bonchev–Trinajstić information content (AvgIpc) is 3.26. The fourth-order valence-corrected chi connectivity index (χ4v) is 4.78. The molecule has 0 aliphatic rings. The minimum Gasteiger partial charge on any atom is -0.497 e. The number of methoxy groups -OCH3 is 1. The van der Waals surface area contributed by atoms with Crippen LogP contribution in [0.3, 0.4) is 0 Å². The van der Waals surface area contributed by atoms with Crippen molar-refractivity contribution < 1.29 is 27.9 Å². The van der Waals surface area contributed by atoms with E-state index in [-0.39, 0.29) is 39.9 Å². The van der Waals surface area contributed by atoms with E-state index < -0.39 is 35.3 Å². The van der Waals surface area contributed by atoms with E-state index in [0.29, 0.717) is 16.3 Å². The average molecular weight is 566 g/mol. The second kappa shape index (κ2) is 11.7. The van der Waals surface area contributed by atoms with E-state index in [1.54, 1.807) is 36.4 Å². The molecule has 0 spiro atoms. The Morgan fingerprint density at radius 1 is 1.02 bits per heavy atom. The zero-order valence-electron chi connectivity index (χ0n) is 21.9. The monoisotopic (exact) mass is 565 g/mol. The summed E-state index contributed by atoms with van der Waals surface area (Å²) in [4.78, 5) is 39.3. The smallest absolute Gasteiger partial charge is 0.253 e. The van der Waals surface area contributed by atoms with Crippen molar-refractivity contribution in [3.63, 3.8) is 0 Å². The van der Waals surface area contributed by atoms with Crippen molar-refractivity contribution in [1.29, 1.82) is 0 Å². The van der Waals surface area contributed by atoms with Crippen molar-refractivity contribution in [1.82, 2.24) is 9.88 Å². The highest BCUT2D eigenvalue weighted by Crippen LogP contribution is 2.37. The molecular formula is C30H26ClF2N3O4. The molecule has 10 heteroatoms. The lowest BCUT2D eigenvalue weighted by atomic mass is 9.92. The summed E-state index contributed by atoms with van der Waals surface area (Å²) in [6.45, 7) is 1.37. The molecule has 0 aliphatic carbocycles. The van der Waals surface area contributed by atoms with Crippen LogP contribution in [0.5, 0.6) is 5.75 Å². The quantitative estimate of drug-likeness (QED) is 0.261. The van der Waals surface area contributed by atoms with E-state index in [9.17, 15) is 18.8 Å². The molecular weight excluding hydrogens is 540 g/mol. The third-order valence-corrected chi connectivity index (χ3v) is 6.79. The molecule has 7 nitrogen and oxygen atoms in total. The van der Waals surface area contributed by atoms with Gasteiger partial charge < -0.3 is 20.4 Å². The largest absolute Gasteiger partial charge is 0.497 e. The fraction of sp³-hybridized carbons (Fsp3) is 0.167. The summed E-state index contributed by atoms with van der Waals surface area (Å²) < 4.78 is 36.6. The first kappa shape index (κ1) is 28.5. The van der Waals surface area contributed by atoms with Gasteiger partial charge in [0.25, 0.3) is 5.91 Å². The van der Waals surface area contributed by atoms with E-state index in [4.69, 9.17) is 22.1 Å². The van der Waals surface area contributed by atoms with Gasteiger partial charge in [0.2, 0.25) is 11.7 Å². The molecule has 0 fully saturated rings. The van der Waals surface area contributed by atoms with Crippen LogP contribution in [0.25, 0.3) is 11.1 Å². The van der Waals surface area contributed by atoms with Gasteiger partial charge >= 0.3 is 0 Å². The molecule has 4 rings (SSSR count). The predicted octanol–water partition coefficient (Wildman–Crippen LogP) is 5.52. The molecule has 2 amide bonds. The van der Waals surface area contributed by atoms with Crippen molar-refractivity contribution in [3.8, 4) is 16.9 Å². The highest BCUT2D eigenvalue weighted by Gasteiger charge is 2.31. The Kier molecular flexibility index (Phi) is 8.35. The predicted molar refractivity (Wildman–Crippen MR) is 147 cm³/mol. The van der Waals surface area contributed by atoms with Crippen LogP contribution in [0.2, 0.25) is 5.02 Å². The van der Waals surface area contributed by atoms with Gasteiger partial charge in [-0.15, -0.1) is 0 Å². The zero-order chi connectivity index (χ0) is 29.1. The summed E-state index contributed by atoms with van der Waals surface area (Å²) in [6, 6.07) is 13.8. The first-order chi connectivity index (χ1) is 19.0. The van der Waals surface area contributed by atoms with Gasteiger partial charge in [0.05, 0.1) is 30.8 Å². The molecule has 0 saturated carbocycles. The molecule has 3 aromatic carbocycles. The number of carbonyl (C=O) groups is 3. The van der Waals surface area contributed by atoms with Crippen LogP contribution in [0.4, 0.5) is 8.78 Å². The number of nitrogens with zero attached hydrogens (tertiary/aromatic N) is 1. The number of benzene rings is 3. The van der Waals surface area contributed by atoms with Crippen LogP contribution >= 0.6 is 11.6 Å². The van der Waals surface area contributed by atoms with Crippen molar-refractivity contribution in [2.45, 2.75) is 19.4 Å². The Morgan fingerprint density at radius 3 is 2.33 bits per heavy atom. The van der Waals surface area contributed by atoms with Crippen LogP contribution in [0.15, 0.2) is 66.9 Å². The van der Waals surface area contributed by atoms with Crippen molar-refractivity contribution >= 4 is 29.2 Å². The molecule has 0 radical (unpaired) electrons. The lowest BCUT2D eigenvalue weighted by Gasteiger charge is -2.19. The molecule has 0 saturated heterocycles. The number of nitrogens with two attached hydrogens (primary N) is 1. The Morgan fingerprint density at radius 2 is 1.70 bits per heavy atom. The van der Waals surface area contributed by atoms with E-state index in [2.05, 4.69) is 5.32 Å². The van der Waals surface area contributed by atoms with Crippen molar-refractivity contribution in [2.24, 2.45) is 12.8 Å². The zero-order valence-corrected chi connectivity index (χ0v) is 22.7. The Bertz CT molecular complexity index is 1620. The number of amides is 2. The third kappa shape index (κ3) is 5.74. The molecule has 0 unspecified atom stereocenters. The number of ketones is 1. The number of nitrogens with one attached hydrogen (secondary N) is 1. The molecule has 206 valence electrons. The van der Waals surface area contributed by atoms with E-state index in [1.165, 1.54) is 44.0 Å². The Hall–Kier alpha value is -4.50. The number of hydrogen-bond donors (Lipinski definition) is 2. The van der Waals surface area contributed by atoms with Crippen LogP contribution in [-0.4, -0.2) is 29.3 Å². The maximum atomic E-state index is 15.3.